The Balaban J connectivity index is 1.90. The first-order valence-electron chi connectivity index (χ1n) is 6.18. The molecule has 3 nitrogen and oxygen atoms in total. The summed E-state index contributed by atoms with van der Waals surface area (Å²) in [5, 5.41) is 9.48. The largest absolute Gasteiger partial charge is 0.441 e. The monoisotopic (exact) mass is 231 g/mol. The second-order valence-electron chi connectivity index (χ2n) is 5.22. The maximum absolute atomic E-state index is 9.48. The van der Waals surface area contributed by atoms with Crippen molar-refractivity contribution in [2.45, 2.75) is 32.6 Å². The molecule has 0 unspecified atom stereocenters. The number of aliphatic hydroxyl groups excluding tert-OH is 1. The first-order chi connectivity index (χ1) is 8.21. The predicted octanol–water partition coefficient (Wildman–Crippen LogP) is 2.84. The van der Waals surface area contributed by atoms with Crippen molar-refractivity contribution in [3.05, 3.63) is 29.7 Å². The van der Waals surface area contributed by atoms with Crippen LogP contribution in [0.1, 0.15) is 30.7 Å². The van der Waals surface area contributed by atoms with Crippen molar-refractivity contribution < 1.29 is 9.52 Å². The number of nitrogens with zero attached hydrogens (tertiary/aromatic N) is 1. The van der Waals surface area contributed by atoms with E-state index < -0.39 is 0 Å². The standard InChI is InChI=1S/C14H17NO2/c1-10-15-12-4-3-11(7-13(12)17-10)8-14(9-16)5-2-6-14/h3-4,7,16H,2,5-6,8-9H2,1H3. The minimum Gasteiger partial charge on any atom is -0.441 e. The summed E-state index contributed by atoms with van der Waals surface area (Å²) in [4.78, 5) is 4.29. The van der Waals surface area contributed by atoms with E-state index >= 15 is 0 Å². The molecule has 3 rings (SSSR count). The van der Waals surface area contributed by atoms with Gasteiger partial charge in [-0.15, -0.1) is 0 Å². The molecule has 0 bridgehead atoms. The molecule has 0 spiro atoms. The van der Waals surface area contributed by atoms with Gasteiger partial charge in [0.1, 0.15) is 5.52 Å². The van der Waals surface area contributed by atoms with E-state index in [4.69, 9.17) is 4.42 Å². The molecule has 90 valence electrons. The number of oxazole rings is 1. The third kappa shape index (κ3) is 1.84. The Labute approximate surface area is 100 Å². The van der Waals surface area contributed by atoms with Crippen molar-refractivity contribution >= 4 is 11.1 Å². The maximum Gasteiger partial charge on any atom is 0.192 e. The summed E-state index contributed by atoms with van der Waals surface area (Å²) in [6, 6.07) is 6.16. The lowest BCUT2D eigenvalue weighted by atomic mass is 9.66. The topological polar surface area (TPSA) is 46.3 Å². The van der Waals surface area contributed by atoms with Crippen LogP contribution >= 0.6 is 0 Å². The lowest BCUT2D eigenvalue weighted by Crippen LogP contribution is -2.35. The van der Waals surface area contributed by atoms with Crippen molar-refractivity contribution in [3.63, 3.8) is 0 Å². The molecule has 0 radical (unpaired) electrons. The molecular weight excluding hydrogens is 214 g/mol. The molecule has 3 heteroatoms. The molecule has 1 N–H and O–H groups in total. The van der Waals surface area contributed by atoms with Crippen LogP contribution in [0.4, 0.5) is 0 Å². The van der Waals surface area contributed by atoms with Gasteiger partial charge < -0.3 is 9.52 Å². The molecule has 0 aliphatic heterocycles. The molecule has 0 amide bonds. The molecule has 1 aromatic carbocycles. The zero-order valence-corrected chi connectivity index (χ0v) is 10.1. The molecule has 1 fully saturated rings. The third-order valence-electron chi connectivity index (χ3n) is 3.89. The minimum atomic E-state index is 0.128. The number of hydrogen-bond donors (Lipinski definition) is 1. The third-order valence-corrected chi connectivity index (χ3v) is 3.89. The van der Waals surface area contributed by atoms with E-state index in [1.807, 2.05) is 13.0 Å². The van der Waals surface area contributed by atoms with Gasteiger partial charge in [0.05, 0.1) is 0 Å². The minimum absolute atomic E-state index is 0.128. The van der Waals surface area contributed by atoms with Crippen LogP contribution in [0.2, 0.25) is 0 Å². The summed E-state index contributed by atoms with van der Waals surface area (Å²) >= 11 is 0. The summed E-state index contributed by atoms with van der Waals surface area (Å²) < 4.78 is 5.53. The molecule has 1 heterocycles. The van der Waals surface area contributed by atoms with Gasteiger partial charge in [-0.1, -0.05) is 12.5 Å². The van der Waals surface area contributed by atoms with Gasteiger partial charge in [0, 0.05) is 13.5 Å². The summed E-state index contributed by atoms with van der Waals surface area (Å²) in [7, 11) is 0. The van der Waals surface area contributed by atoms with Gasteiger partial charge in [0.15, 0.2) is 11.5 Å². The van der Waals surface area contributed by atoms with Crippen LogP contribution in [0, 0.1) is 12.3 Å². The van der Waals surface area contributed by atoms with Crippen LogP contribution in [-0.2, 0) is 6.42 Å². The number of aryl methyl sites for hydroxylation is 1. The molecule has 0 atom stereocenters. The van der Waals surface area contributed by atoms with Crippen LogP contribution in [0.15, 0.2) is 22.6 Å². The van der Waals surface area contributed by atoms with Crippen LogP contribution in [0.3, 0.4) is 0 Å². The highest BCUT2D eigenvalue weighted by molar-refractivity contribution is 5.73. The molecular formula is C14H17NO2. The summed E-state index contributed by atoms with van der Waals surface area (Å²) in [6.45, 7) is 2.15. The predicted molar refractivity (Wildman–Crippen MR) is 65.8 cm³/mol. The van der Waals surface area contributed by atoms with E-state index in [1.165, 1.54) is 12.0 Å². The first kappa shape index (κ1) is 10.8. The van der Waals surface area contributed by atoms with Crippen molar-refractivity contribution in [1.82, 2.24) is 4.98 Å². The van der Waals surface area contributed by atoms with Gasteiger partial charge in [-0.3, -0.25) is 0 Å². The number of rotatable bonds is 3. The smallest absolute Gasteiger partial charge is 0.192 e. The second kappa shape index (κ2) is 3.84. The zero-order chi connectivity index (χ0) is 11.9. The van der Waals surface area contributed by atoms with E-state index in [1.54, 1.807) is 0 Å². The number of fused-ring (bicyclic) bond motifs is 1. The van der Waals surface area contributed by atoms with Gasteiger partial charge >= 0.3 is 0 Å². The average Bonchev–Trinajstić information content (AvgIpc) is 2.63. The quantitative estimate of drug-likeness (QED) is 0.883. The van der Waals surface area contributed by atoms with Crippen molar-refractivity contribution in [3.8, 4) is 0 Å². The van der Waals surface area contributed by atoms with E-state index in [-0.39, 0.29) is 5.41 Å². The highest BCUT2D eigenvalue weighted by atomic mass is 16.3. The highest BCUT2D eigenvalue weighted by Gasteiger charge is 2.36. The fourth-order valence-electron chi connectivity index (χ4n) is 2.69. The average molecular weight is 231 g/mol. The summed E-state index contributed by atoms with van der Waals surface area (Å²) in [5.41, 5.74) is 3.13. The van der Waals surface area contributed by atoms with E-state index in [2.05, 4.69) is 17.1 Å². The maximum atomic E-state index is 9.48. The van der Waals surface area contributed by atoms with Crippen molar-refractivity contribution in [2.75, 3.05) is 6.61 Å². The Morgan fingerprint density at radius 3 is 2.88 bits per heavy atom. The van der Waals surface area contributed by atoms with Crippen molar-refractivity contribution in [1.29, 1.82) is 0 Å². The van der Waals surface area contributed by atoms with Gasteiger partial charge in [-0.05, 0) is 42.4 Å². The van der Waals surface area contributed by atoms with Crippen LogP contribution in [-0.4, -0.2) is 16.7 Å². The molecule has 17 heavy (non-hydrogen) atoms. The summed E-state index contributed by atoms with van der Waals surface area (Å²) in [6.07, 6.45) is 4.46. The van der Waals surface area contributed by atoms with Gasteiger partial charge in [-0.25, -0.2) is 4.98 Å². The van der Waals surface area contributed by atoms with Gasteiger partial charge in [0.25, 0.3) is 0 Å². The van der Waals surface area contributed by atoms with E-state index in [9.17, 15) is 5.11 Å². The number of benzene rings is 1. The van der Waals surface area contributed by atoms with E-state index in [0.717, 1.165) is 30.4 Å². The molecule has 1 aromatic heterocycles. The number of aliphatic hydroxyl groups is 1. The number of hydrogen-bond acceptors (Lipinski definition) is 3. The molecule has 2 aromatic rings. The Morgan fingerprint density at radius 2 is 2.24 bits per heavy atom. The Kier molecular flexibility index (Phi) is 2.44. The fraction of sp³-hybridized carbons (Fsp3) is 0.500. The lowest BCUT2D eigenvalue weighted by Gasteiger charge is -2.40. The second-order valence-corrected chi connectivity index (χ2v) is 5.22. The Morgan fingerprint density at radius 1 is 1.41 bits per heavy atom. The van der Waals surface area contributed by atoms with Crippen LogP contribution < -0.4 is 0 Å². The Hall–Kier alpha value is -1.35. The van der Waals surface area contributed by atoms with E-state index in [0.29, 0.717) is 12.5 Å². The Bertz CT molecular complexity index is 535. The first-order valence-corrected chi connectivity index (χ1v) is 6.18. The normalized spacial score (nSPS) is 18.2. The summed E-state index contributed by atoms with van der Waals surface area (Å²) in [5.74, 6) is 0.706. The highest BCUT2D eigenvalue weighted by Crippen LogP contribution is 2.43. The fourth-order valence-corrected chi connectivity index (χ4v) is 2.69. The van der Waals surface area contributed by atoms with Crippen LogP contribution in [0.25, 0.3) is 11.1 Å². The molecule has 1 saturated carbocycles. The molecule has 1 aliphatic rings. The lowest BCUT2D eigenvalue weighted by molar-refractivity contribution is 0.0450. The molecule has 0 saturated heterocycles. The molecule has 1 aliphatic carbocycles. The van der Waals surface area contributed by atoms with Gasteiger partial charge in [0.2, 0.25) is 0 Å². The zero-order valence-electron chi connectivity index (χ0n) is 10.1. The van der Waals surface area contributed by atoms with Crippen molar-refractivity contribution in [2.24, 2.45) is 5.41 Å². The van der Waals surface area contributed by atoms with Gasteiger partial charge in [-0.2, -0.15) is 0 Å². The van der Waals surface area contributed by atoms with Crippen LogP contribution in [0.5, 0.6) is 0 Å². The SMILES string of the molecule is Cc1nc2ccc(CC3(CO)CCC3)cc2o1. The number of aromatic nitrogens is 1.